The molecule has 0 bridgehead atoms. The highest BCUT2D eigenvalue weighted by Crippen LogP contribution is 2.22. The SMILES string of the molecule is O=C(Cc1ccc2c(c1)CCCC2)Nc1ccc(CCN2CCOCC2)cc1. The van der Waals surface area contributed by atoms with E-state index in [0.29, 0.717) is 6.42 Å². The smallest absolute Gasteiger partial charge is 0.228 e. The van der Waals surface area contributed by atoms with E-state index < -0.39 is 0 Å². The van der Waals surface area contributed by atoms with Gasteiger partial charge in [0.05, 0.1) is 19.6 Å². The minimum atomic E-state index is 0.0526. The van der Waals surface area contributed by atoms with E-state index in [4.69, 9.17) is 4.74 Å². The van der Waals surface area contributed by atoms with Crippen molar-refractivity contribution in [3.05, 3.63) is 64.7 Å². The van der Waals surface area contributed by atoms with E-state index in [0.717, 1.165) is 56.9 Å². The standard InChI is InChI=1S/C24H30N2O2/c27-24(18-20-5-8-21-3-1-2-4-22(21)17-20)25-23-9-6-19(7-10-23)11-12-26-13-15-28-16-14-26/h5-10,17H,1-4,11-16,18H2,(H,25,27). The van der Waals surface area contributed by atoms with Gasteiger partial charge in [-0.25, -0.2) is 0 Å². The fourth-order valence-electron chi connectivity index (χ4n) is 4.15. The van der Waals surface area contributed by atoms with Crippen molar-refractivity contribution in [2.75, 3.05) is 38.2 Å². The summed E-state index contributed by atoms with van der Waals surface area (Å²) in [5, 5.41) is 3.04. The fraction of sp³-hybridized carbons (Fsp3) is 0.458. The van der Waals surface area contributed by atoms with Crippen molar-refractivity contribution in [3.8, 4) is 0 Å². The van der Waals surface area contributed by atoms with E-state index in [-0.39, 0.29) is 5.91 Å². The van der Waals surface area contributed by atoms with Gasteiger partial charge < -0.3 is 10.1 Å². The Morgan fingerprint density at radius 2 is 1.64 bits per heavy atom. The van der Waals surface area contributed by atoms with Crippen LogP contribution in [0.2, 0.25) is 0 Å². The average Bonchev–Trinajstić information content (AvgIpc) is 2.74. The molecule has 0 aromatic heterocycles. The van der Waals surface area contributed by atoms with Gasteiger partial charge in [0.2, 0.25) is 5.91 Å². The minimum absolute atomic E-state index is 0.0526. The van der Waals surface area contributed by atoms with Gasteiger partial charge in [0, 0.05) is 25.3 Å². The number of rotatable bonds is 6. The van der Waals surface area contributed by atoms with Gasteiger partial charge in [-0.15, -0.1) is 0 Å². The number of nitrogens with zero attached hydrogens (tertiary/aromatic N) is 1. The fourth-order valence-corrected chi connectivity index (χ4v) is 4.15. The molecular formula is C24H30N2O2. The van der Waals surface area contributed by atoms with E-state index in [1.807, 2.05) is 12.1 Å². The summed E-state index contributed by atoms with van der Waals surface area (Å²) in [7, 11) is 0. The number of amides is 1. The first-order chi connectivity index (χ1) is 13.8. The number of nitrogens with one attached hydrogen (secondary N) is 1. The predicted octanol–water partition coefficient (Wildman–Crippen LogP) is 3.62. The van der Waals surface area contributed by atoms with E-state index in [2.05, 4.69) is 40.5 Å². The molecule has 0 spiro atoms. The molecule has 4 rings (SSSR count). The van der Waals surface area contributed by atoms with Crippen molar-refractivity contribution < 1.29 is 9.53 Å². The maximum atomic E-state index is 12.4. The van der Waals surface area contributed by atoms with Crippen LogP contribution in [0.4, 0.5) is 5.69 Å². The molecule has 1 amide bonds. The number of morpholine rings is 1. The van der Waals surface area contributed by atoms with Gasteiger partial charge in [-0.2, -0.15) is 0 Å². The Labute approximate surface area is 167 Å². The van der Waals surface area contributed by atoms with Gasteiger partial charge in [-0.1, -0.05) is 30.3 Å². The van der Waals surface area contributed by atoms with Crippen molar-refractivity contribution in [1.82, 2.24) is 4.90 Å². The molecule has 0 unspecified atom stereocenters. The average molecular weight is 379 g/mol. The second kappa shape index (κ2) is 9.35. The Balaban J connectivity index is 1.27. The predicted molar refractivity (Wildman–Crippen MR) is 113 cm³/mol. The van der Waals surface area contributed by atoms with Gasteiger partial charge in [-0.05, 0) is 66.5 Å². The molecule has 0 saturated carbocycles. The second-order valence-corrected chi connectivity index (χ2v) is 7.94. The number of aryl methyl sites for hydroxylation is 2. The lowest BCUT2D eigenvalue weighted by atomic mass is 9.90. The van der Waals surface area contributed by atoms with E-state index in [1.54, 1.807) is 0 Å². The zero-order valence-corrected chi connectivity index (χ0v) is 16.6. The highest BCUT2D eigenvalue weighted by Gasteiger charge is 2.12. The third-order valence-corrected chi connectivity index (χ3v) is 5.84. The van der Waals surface area contributed by atoms with Crippen molar-refractivity contribution in [2.45, 2.75) is 38.5 Å². The summed E-state index contributed by atoms with van der Waals surface area (Å²) in [5.74, 6) is 0.0526. The molecular weight excluding hydrogens is 348 g/mol. The summed E-state index contributed by atoms with van der Waals surface area (Å²) in [4.78, 5) is 14.9. The van der Waals surface area contributed by atoms with E-state index >= 15 is 0 Å². The van der Waals surface area contributed by atoms with Crippen LogP contribution in [-0.4, -0.2) is 43.7 Å². The zero-order chi connectivity index (χ0) is 19.2. The van der Waals surface area contributed by atoms with Crippen LogP contribution in [0, 0.1) is 0 Å². The number of hydrogen-bond donors (Lipinski definition) is 1. The molecule has 0 atom stereocenters. The van der Waals surface area contributed by atoms with Crippen LogP contribution in [0.5, 0.6) is 0 Å². The summed E-state index contributed by atoms with van der Waals surface area (Å²) in [6.07, 6.45) is 6.35. The number of carbonyl (C=O) groups excluding carboxylic acids is 1. The molecule has 2 aromatic rings. The van der Waals surface area contributed by atoms with Crippen molar-refractivity contribution in [3.63, 3.8) is 0 Å². The van der Waals surface area contributed by atoms with Crippen molar-refractivity contribution in [2.24, 2.45) is 0 Å². The Kier molecular flexibility index (Phi) is 6.40. The number of carbonyl (C=O) groups is 1. The summed E-state index contributed by atoms with van der Waals surface area (Å²) >= 11 is 0. The third kappa shape index (κ3) is 5.21. The molecule has 1 heterocycles. The van der Waals surface area contributed by atoms with Crippen LogP contribution in [0.15, 0.2) is 42.5 Å². The minimum Gasteiger partial charge on any atom is -0.379 e. The van der Waals surface area contributed by atoms with Gasteiger partial charge in [0.15, 0.2) is 0 Å². The molecule has 2 aliphatic rings. The van der Waals surface area contributed by atoms with Gasteiger partial charge in [0.1, 0.15) is 0 Å². The Bertz CT molecular complexity index is 795. The number of anilines is 1. The molecule has 148 valence electrons. The number of benzene rings is 2. The summed E-state index contributed by atoms with van der Waals surface area (Å²) in [6.45, 7) is 4.80. The maximum Gasteiger partial charge on any atom is 0.228 e. The number of ether oxygens (including phenoxy) is 1. The number of hydrogen-bond acceptors (Lipinski definition) is 3. The first-order valence-corrected chi connectivity index (χ1v) is 10.6. The van der Waals surface area contributed by atoms with Crippen LogP contribution >= 0.6 is 0 Å². The first-order valence-electron chi connectivity index (χ1n) is 10.6. The summed E-state index contributed by atoms with van der Waals surface area (Å²) in [5.41, 5.74) is 6.18. The third-order valence-electron chi connectivity index (χ3n) is 5.84. The lowest BCUT2D eigenvalue weighted by Crippen LogP contribution is -2.37. The van der Waals surface area contributed by atoms with E-state index in [1.165, 1.54) is 36.0 Å². The molecule has 2 aromatic carbocycles. The lowest BCUT2D eigenvalue weighted by molar-refractivity contribution is -0.115. The number of fused-ring (bicyclic) bond motifs is 1. The molecule has 1 saturated heterocycles. The van der Waals surface area contributed by atoms with Crippen LogP contribution in [0.3, 0.4) is 0 Å². The van der Waals surface area contributed by atoms with Crippen molar-refractivity contribution >= 4 is 11.6 Å². The topological polar surface area (TPSA) is 41.6 Å². The molecule has 28 heavy (non-hydrogen) atoms. The van der Waals surface area contributed by atoms with Crippen LogP contribution < -0.4 is 5.32 Å². The van der Waals surface area contributed by atoms with Crippen LogP contribution in [0.25, 0.3) is 0 Å². The Morgan fingerprint density at radius 3 is 2.43 bits per heavy atom. The van der Waals surface area contributed by atoms with Gasteiger partial charge in [-0.3, -0.25) is 9.69 Å². The highest BCUT2D eigenvalue weighted by atomic mass is 16.5. The molecule has 1 aliphatic carbocycles. The van der Waals surface area contributed by atoms with Gasteiger partial charge >= 0.3 is 0 Å². The van der Waals surface area contributed by atoms with Crippen LogP contribution in [-0.2, 0) is 35.2 Å². The summed E-state index contributed by atoms with van der Waals surface area (Å²) in [6, 6.07) is 14.8. The zero-order valence-electron chi connectivity index (χ0n) is 16.6. The van der Waals surface area contributed by atoms with Crippen molar-refractivity contribution in [1.29, 1.82) is 0 Å². The first kappa shape index (κ1) is 19.2. The second-order valence-electron chi connectivity index (χ2n) is 7.94. The molecule has 0 radical (unpaired) electrons. The molecule has 1 N–H and O–H groups in total. The maximum absolute atomic E-state index is 12.4. The van der Waals surface area contributed by atoms with E-state index in [9.17, 15) is 4.79 Å². The highest BCUT2D eigenvalue weighted by molar-refractivity contribution is 5.92. The Morgan fingerprint density at radius 1 is 0.929 bits per heavy atom. The molecule has 4 heteroatoms. The molecule has 1 fully saturated rings. The quantitative estimate of drug-likeness (QED) is 0.835. The lowest BCUT2D eigenvalue weighted by Gasteiger charge is -2.26. The van der Waals surface area contributed by atoms with Crippen LogP contribution in [0.1, 0.15) is 35.1 Å². The monoisotopic (exact) mass is 378 g/mol. The molecule has 1 aliphatic heterocycles. The Hall–Kier alpha value is -2.17. The largest absolute Gasteiger partial charge is 0.379 e. The normalized spacial score (nSPS) is 17.1. The van der Waals surface area contributed by atoms with Gasteiger partial charge in [0.25, 0.3) is 0 Å². The molecule has 4 nitrogen and oxygen atoms in total. The summed E-state index contributed by atoms with van der Waals surface area (Å²) < 4.78 is 5.39.